The van der Waals surface area contributed by atoms with Crippen LogP contribution in [0, 0.1) is 0 Å². The third kappa shape index (κ3) is 4.95. The molecule has 30 heavy (non-hydrogen) atoms. The zero-order chi connectivity index (χ0) is 20.9. The van der Waals surface area contributed by atoms with Crippen molar-refractivity contribution >= 4 is 35.1 Å². The molecule has 1 fully saturated rings. The van der Waals surface area contributed by atoms with E-state index in [0.717, 1.165) is 43.4 Å². The predicted molar refractivity (Wildman–Crippen MR) is 121 cm³/mol. The van der Waals surface area contributed by atoms with Gasteiger partial charge in [0.25, 0.3) is 0 Å². The average molecular weight is 444 g/mol. The Hall–Kier alpha value is -2.54. The molecule has 156 valence electrons. The van der Waals surface area contributed by atoms with Gasteiger partial charge in [0.15, 0.2) is 0 Å². The van der Waals surface area contributed by atoms with Crippen LogP contribution in [0.15, 0.2) is 60.9 Å². The van der Waals surface area contributed by atoms with E-state index in [1.807, 2.05) is 59.3 Å². The topological polar surface area (TPSA) is 53.4 Å². The summed E-state index contributed by atoms with van der Waals surface area (Å²) < 4.78 is 2.04. The minimum Gasteiger partial charge on any atom is -0.351 e. The molecule has 2 heterocycles. The van der Waals surface area contributed by atoms with Crippen LogP contribution in [-0.2, 0) is 11.3 Å². The van der Waals surface area contributed by atoms with E-state index in [1.54, 1.807) is 6.20 Å². The first-order valence-corrected chi connectivity index (χ1v) is 10.6. The minimum absolute atomic E-state index is 0.00352. The van der Waals surface area contributed by atoms with Gasteiger partial charge in [0.2, 0.25) is 11.9 Å². The lowest BCUT2D eigenvalue weighted by Crippen LogP contribution is -2.50. The van der Waals surface area contributed by atoms with Gasteiger partial charge in [-0.1, -0.05) is 47.5 Å². The van der Waals surface area contributed by atoms with Crippen LogP contribution in [0.25, 0.3) is 5.69 Å². The second kappa shape index (κ2) is 9.51. The standard InChI is InChI=1S/C22H23Cl2N5O/c23-18-5-3-6-19(14-18)29-9-8-25-22(29)28-12-10-27(11-13-28)16-21(30)26-15-17-4-1-2-7-20(17)24/h1-9,14H,10-13,15-16H2,(H,26,30). The highest BCUT2D eigenvalue weighted by molar-refractivity contribution is 6.31. The monoisotopic (exact) mass is 443 g/mol. The Morgan fingerprint density at radius 1 is 1.03 bits per heavy atom. The van der Waals surface area contributed by atoms with Gasteiger partial charge in [-0.3, -0.25) is 14.3 Å². The van der Waals surface area contributed by atoms with Crippen molar-refractivity contribution in [2.45, 2.75) is 6.54 Å². The maximum absolute atomic E-state index is 12.3. The van der Waals surface area contributed by atoms with Gasteiger partial charge in [0.1, 0.15) is 0 Å². The number of carbonyl (C=O) groups excluding carboxylic acids is 1. The molecule has 0 saturated carbocycles. The fourth-order valence-electron chi connectivity index (χ4n) is 3.56. The molecule has 1 aromatic heterocycles. The van der Waals surface area contributed by atoms with E-state index in [2.05, 4.69) is 20.1 Å². The summed E-state index contributed by atoms with van der Waals surface area (Å²) in [5, 5.41) is 4.32. The van der Waals surface area contributed by atoms with Gasteiger partial charge < -0.3 is 10.2 Å². The smallest absolute Gasteiger partial charge is 0.234 e. The van der Waals surface area contributed by atoms with Crippen molar-refractivity contribution < 1.29 is 4.79 Å². The third-order valence-electron chi connectivity index (χ3n) is 5.16. The van der Waals surface area contributed by atoms with Crippen LogP contribution in [0.4, 0.5) is 5.95 Å². The Morgan fingerprint density at radius 3 is 2.60 bits per heavy atom. The minimum atomic E-state index is 0.00352. The van der Waals surface area contributed by atoms with E-state index >= 15 is 0 Å². The maximum Gasteiger partial charge on any atom is 0.234 e. The van der Waals surface area contributed by atoms with Crippen LogP contribution >= 0.6 is 23.2 Å². The van der Waals surface area contributed by atoms with Crippen LogP contribution < -0.4 is 10.2 Å². The van der Waals surface area contributed by atoms with E-state index < -0.39 is 0 Å². The molecule has 4 rings (SSSR count). The Morgan fingerprint density at radius 2 is 1.83 bits per heavy atom. The molecule has 0 radical (unpaired) electrons. The Kier molecular flexibility index (Phi) is 6.57. The Labute approximate surface area is 186 Å². The number of nitrogens with one attached hydrogen (secondary N) is 1. The number of aromatic nitrogens is 2. The number of rotatable bonds is 6. The summed E-state index contributed by atoms with van der Waals surface area (Å²) in [5.41, 5.74) is 1.90. The molecule has 0 unspecified atom stereocenters. The lowest BCUT2D eigenvalue weighted by molar-refractivity contribution is -0.122. The van der Waals surface area contributed by atoms with E-state index in [4.69, 9.17) is 23.2 Å². The third-order valence-corrected chi connectivity index (χ3v) is 5.77. The van der Waals surface area contributed by atoms with Crippen LogP contribution in [0.2, 0.25) is 10.0 Å². The second-order valence-electron chi connectivity index (χ2n) is 7.21. The summed E-state index contributed by atoms with van der Waals surface area (Å²) in [6.07, 6.45) is 3.74. The fraction of sp³-hybridized carbons (Fsp3) is 0.273. The highest BCUT2D eigenvalue weighted by Crippen LogP contribution is 2.22. The highest BCUT2D eigenvalue weighted by Gasteiger charge is 2.22. The Bertz CT molecular complexity index is 1010. The molecule has 0 atom stereocenters. The molecule has 0 aliphatic carbocycles. The number of nitrogens with zero attached hydrogens (tertiary/aromatic N) is 4. The van der Waals surface area contributed by atoms with Gasteiger partial charge >= 0.3 is 0 Å². The van der Waals surface area contributed by atoms with Crippen LogP contribution in [0.5, 0.6) is 0 Å². The van der Waals surface area contributed by atoms with E-state index in [1.165, 1.54) is 0 Å². The second-order valence-corrected chi connectivity index (χ2v) is 8.05. The molecule has 1 amide bonds. The molecule has 2 aromatic carbocycles. The first-order valence-electron chi connectivity index (χ1n) is 9.87. The number of hydrogen-bond donors (Lipinski definition) is 1. The van der Waals surface area contributed by atoms with Gasteiger partial charge in [-0.05, 0) is 29.8 Å². The van der Waals surface area contributed by atoms with Crippen LogP contribution in [0.1, 0.15) is 5.56 Å². The lowest BCUT2D eigenvalue weighted by atomic mass is 10.2. The molecule has 3 aromatic rings. The van der Waals surface area contributed by atoms with Gasteiger partial charge in [-0.15, -0.1) is 0 Å². The van der Waals surface area contributed by atoms with Crippen molar-refractivity contribution in [3.8, 4) is 5.69 Å². The molecule has 0 bridgehead atoms. The van der Waals surface area contributed by atoms with Crippen molar-refractivity contribution in [3.63, 3.8) is 0 Å². The summed E-state index contributed by atoms with van der Waals surface area (Å²) in [5.74, 6) is 0.892. The molecular formula is C22H23Cl2N5O. The van der Waals surface area contributed by atoms with E-state index in [9.17, 15) is 4.79 Å². The number of hydrogen-bond acceptors (Lipinski definition) is 4. The number of imidazole rings is 1. The summed E-state index contributed by atoms with van der Waals surface area (Å²) in [4.78, 5) is 21.3. The van der Waals surface area contributed by atoms with E-state index in [0.29, 0.717) is 23.1 Å². The summed E-state index contributed by atoms with van der Waals surface area (Å²) in [6, 6.07) is 15.3. The summed E-state index contributed by atoms with van der Waals surface area (Å²) in [6.45, 7) is 4.01. The molecular weight excluding hydrogens is 421 g/mol. The fourth-order valence-corrected chi connectivity index (χ4v) is 3.94. The number of anilines is 1. The van der Waals surface area contributed by atoms with Gasteiger partial charge in [-0.2, -0.15) is 0 Å². The SMILES string of the molecule is O=C(CN1CCN(c2nccn2-c2cccc(Cl)c2)CC1)NCc1ccccc1Cl. The molecule has 8 heteroatoms. The van der Waals surface area contributed by atoms with Gasteiger partial charge in [0.05, 0.1) is 6.54 Å². The predicted octanol–water partition coefficient (Wildman–Crippen LogP) is 3.62. The summed E-state index contributed by atoms with van der Waals surface area (Å²) in [7, 11) is 0. The first kappa shape index (κ1) is 20.7. The van der Waals surface area contributed by atoms with Crippen LogP contribution in [0.3, 0.4) is 0 Å². The molecule has 0 spiro atoms. The molecule has 1 N–H and O–H groups in total. The number of piperazine rings is 1. The van der Waals surface area contributed by atoms with Crippen molar-refractivity contribution in [1.82, 2.24) is 19.8 Å². The van der Waals surface area contributed by atoms with E-state index in [-0.39, 0.29) is 5.91 Å². The van der Waals surface area contributed by atoms with Gasteiger partial charge in [0, 0.05) is 60.9 Å². The average Bonchev–Trinajstić information content (AvgIpc) is 3.24. The molecule has 1 saturated heterocycles. The number of halogens is 2. The maximum atomic E-state index is 12.3. The zero-order valence-electron chi connectivity index (χ0n) is 16.5. The van der Waals surface area contributed by atoms with Crippen molar-refractivity contribution in [2.24, 2.45) is 0 Å². The quantitative estimate of drug-likeness (QED) is 0.631. The lowest BCUT2D eigenvalue weighted by Gasteiger charge is -2.35. The first-order chi connectivity index (χ1) is 14.6. The largest absolute Gasteiger partial charge is 0.351 e. The van der Waals surface area contributed by atoms with Gasteiger partial charge in [-0.25, -0.2) is 4.98 Å². The van der Waals surface area contributed by atoms with Crippen molar-refractivity contribution in [1.29, 1.82) is 0 Å². The van der Waals surface area contributed by atoms with Crippen LogP contribution in [-0.4, -0.2) is 53.1 Å². The normalized spacial score (nSPS) is 14.7. The van der Waals surface area contributed by atoms with Crippen molar-refractivity contribution in [2.75, 3.05) is 37.6 Å². The summed E-state index contributed by atoms with van der Waals surface area (Å²) >= 11 is 12.3. The number of benzene rings is 2. The molecule has 6 nitrogen and oxygen atoms in total. The number of carbonyl (C=O) groups is 1. The Balaban J connectivity index is 1.30. The highest BCUT2D eigenvalue weighted by atomic mass is 35.5. The number of amides is 1. The molecule has 1 aliphatic rings. The van der Waals surface area contributed by atoms with Crippen molar-refractivity contribution in [3.05, 3.63) is 76.5 Å². The zero-order valence-corrected chi connectivity index (χ0v) is 18.0. The molecule has 1 aliphatic heterocycles.